The second-order valence-corrected chi connectivity index (χ2v) is 10.3. The van der Waals surface area contributed by atoms with Gasteiger partial charge in [-0.25, -0.2) is 14.7 Å². The second-order valence-electron chi connectivity index (χ2n) is 10.3. The summed E-state index contributed by atoms with van der Waals surface area (Å²) in [7, 11) is 0. The number of benzene rings is 4. The van der Waals surface area contributed by atoms with Crippen molar-refractivity contribution in [2.75, 3.05) is 10.2 Å². The van der Waals surface area contributed by atoms with Crippen LogP contribution in [0.5, 0.6) is 5.75 Å². The molecule has 0 bridgehead atoms. The van der Waals surface area contributed by atoms with Gasteiger partial charge in [0, 0.05) is 11.3 Å². The summed E-state index contributed by atoms with van der Waals surface area (Å²) in [6.45, 7) is 6.17. The van der Waals surface area contributed by atoms with Gasteiger partial charge in [-0.1, -0.05) is 54.1 Å². The van der Waals surface area contributed by atoms with Crippen molar-refractivity contribution in [2.24, 2.45) is 9.98 Å². The van der Waals surface area contributed by atoms with Gasteiger partial charge < -0.3 is 15.3 Å². The van der Waals surface area contributed by atoms with Crippen molar-refractivity contribution in [3.8, 4) is 11.4 Å². The summed E-state index contributed by atoms with van der Waals surface area (Å²) >= 11 is 0. The number of aromatic hydroxyl groups is 1. The fourth-order valence-corrected chi connectivity index (χ4v) is 5.53. The minimum absolute atomic E-state index is 0.212. The number of aryl methyl sites for hydroxylation is 3. The maximum atomic E-state index is 10.5. The van der Waals surface area contributed by atoms with Gasteiger partial charge in [0.25, 0.3) is 0 Å². The van der Waals surface area contributed by atoms with E-state index in [1.165, 1.54) is 5.56 Å². The zero-order valence-corrected chi connectivity index (χ0v) is 22.5. The number of hydrogen-bond donors (Lipinski definition) is 2. The van der Waals surface area contributed by atoms with Crippen molar-refractivity contribution < 1.29 is 5.11 Å². The number of nitrogens with one attached hydrogen (secondary N) is 1. The first-order valence-corrected chi connectivity index (χ1v) is 13.3. The minimum atomic E-state index is -0.292. The van der Waals surface area contributed by atoms with Gasteiger partial charge in [-0.2, -0.15) is 5.10 Å². The molecule has 196 valence electrons. The highest BCUT2D eigenvalue weighted by atomic mass is 16.3. The summed E-state index contributed by atoms with van der Waals surface area (Å²) in [5.41, 5.74) is 8.78. The molecular formula is C33H28N6O. The summed E-state index contributed by atoms with van der Waals surface area (Å²) in [5, 5.41) is 19.1. The zero-order valence-electron chi connectivity index (χ0n) is 22.5. The first-order chi connectivity index (χ1) is 19.5. The highest BCUT2D eigenvalue weighted by Crippen LogP contribution is 2.48. The average molecular weight is 525 g/mol. The van der Waals surface area contributed by atoms with Gasteiger partial charge >= 0.3 is 0 Å². The van der Waals surface area contributed by atoms with E-state index in [-0.39, 0.29) is 11.8 Å². The summed E-state index contributed by atoms with van der Waals surface area (Å²) in [5.74, 6) is 2.30. The third-order valence-electron chi connectivity index (χ3n) is 7.38. The van der Waals surface area contributed by atoms with Gasteiger partial charge in [0.1, 0.15) is 5.75 Å². The summed E-state index contributed by atoms with van der Waals surface area (Å²) in [6, 6.07) is 31.8. The van der Waals surface area contributed by atoms with Crippen molar-refractivity contribution in [3.63, 3.8) is 0 Å². The minimum Gasteiger partial charge on any atom is -0.508 e. The number of phenolic OH excluding ortho intramolecular Hbond substituents is 1. The zero-order chi connectivity index (χ0) is 27.4. The molecule has 0 spiro atoms. The van der Waals surface area contributed by atoms with Crippen LogP contribution in [0.2, 0.25) is 0 Å². The molecule has 0 radical (unpaired) electrons. The molecule has 3 heterocycles. The number of phenols is 1. The molecule has 1 atom stereocenters. The van der Waals surface area contributed by atoms with Gasteiger partial charge in [0.2, 0.25) is 0 Å². The number of hydrogen-bond acceptors (Lipinski definition) is 6. The smallest absolute Gasteiger partial charge is 0.179 e. The number of amidine groups is 2. The maximum absolute atomic E-state index is 10.5. The number of para-hydroxylation sites is 2. The molecule has 4 aromatic carbocycles. The van der Waals surface area contributed by atoms with Gasteiger partial charge in [-0.15, -0.1) is 0 Å². The van der Waals surface area contributed by atoms with Crippen molar-refractivity contribution in [3.05, 3.63) is 125 Å². The summed E-state index contributed by atoms with van der Waals surface area (Å²) in [4.78, 5) is 12.5. The molecule has 2 aliphatic heterocycles. The lowest BCUT2D eigenvalue weighted by Crippen LogP contribution is -2.46. The lowest BCUT2D eigenvalue weighted by atomic mass is 9.93. The molecule has 0 aliphatic carbocycles. The lowest BCUT2D eigenvalue weighted by molar-refractivity contribution is 0.474. The Labute approximate surface area is 232 Å². The monoisotopic (exact) mass is 524 g/mol. The molecule has 7 heteroatoms. The van der Waals surface area contributed by atoms with Crippen LogP contribution in [0.4, 0.5) is 22.9 Å². The van der Waals surface area contributed by atoms with Crippen LogP contribution in [-0.2, 0) is 0 Å². The number of aliphatic imine (C=N–C) groups is 2. The standard InChI is InChI=1S/C33H28N6O/c1-20-14-16-25(17-15-20)39-32-29(22(3)37-39)30(23-9-7-11-26(40)19-23)38-28-13-5-4-12-27(28)35-31(33(38)36-32)34-24-10-6-8-21(2)18-24/h4-19,30,40H,1-3H3,(H,34,35). The predicted octanol–water partition coefficient (Wildman–Crippen LogP) is 7.30. The molecular weight excluding hydrogens is 496 g/mol. The Morgan fingerprint density at radius 3 is 2.38 bits per heavy atom. The number of anilines is 2. The largest absolute Gasteiger partial charge is 0.508 e. The Hall–Kier alpha value is -5.17. The molecule has 2 N–H and O–H groups in total. The van der Waals surface area contributed by atoms with E-state index < -0.39 is 0 Å². The molecule has 0 amide bonds. The van der Waals surface area contributed by atoms with Gasteiger partial charge in [-0.3, -0.25) is 0 Å². The number of aromatic nitrogens is 2. The van der Waals surface area contributed by atoms with Crippen LogP contribution in [0.25, 0.3) is 5.69 Å². The lowest BCUT2D eigenvalue weighted by Gasteiger charge is -2.40. The molecule has 40 heavy (non-hydrogen) atoms. The summed E-state index contributed by atoms with van der Waals surface area (Å²) in [6.07, 6.45) is 0. The fraction of sp³-hybridized carbons (Fsp3) is 0.121. The van der Waals surface area contributed by atoms with Gasteiger partial charge in [0.15, 0.2) is 17.5 Å². The van der Waals surface area contributed by atoms with E-state index in [0.717, 1.165) is 51.0 Å². The highest BCUT2D eigenvalue weighted by molar-refractivity contribution is 6.51. The average Bonchev–Trinajstić information content (AvgIpc) is 3.28. The molecule has 1 unspecified atom stereocenters. The molecule has 0 saturated carbocycles. The quantitative estimate of drug-likeness (QED) is 0.260. The van der Waals surface area contributed by atoms with Crippen molar-refractivity contribution >= 4 is 34.6 Å². The van der Waals surface area contributed by atoms with Crippen molar-refractivity contribution in [2.45, 2.75) is 26.8 Å². The topological polar surface area (TPSA) is 78.0 Å². The van der Waals surface area contributed by atoms with Crippen LogP contribution in [0.1, 0.15) is 34.0 Å². The van der Waals surface area contributed by atoms with E-state index in [0.29, 0.717) is 11.7 Å². The van der Waals surface area contributed by atoms with Crippen LogP contribution in [0, 0.1) is 20.8 Å². The Bertz CT molecular complexity index is 1830. The number of fused-ring (bicyclic) bond motifs is 4. The Balaban J connectivity index is 1.50. The van der Waals surface area contributed by atoms with Crippen molar-refractivity contribution in [1.29, 1.82) is 0 Å². The fourth-order valence-electron chi connectivity index (χ4n) is 5.53. The number of rotatable bonds is 3. The molecule has 7 nitrogen and oxygen atoms in total. The van der Waals surface area contributed by atoms with Crippen LogP contribution in [-0.4, -0.2) is 26.6 Å². The highest BCUT2D eigenvalue weighted by Gasteiger charge is 2.41. The van der Waals surface area contributed by atoms with E-state index in [4.69, 9.17) is 15.1 Å². The first-order valence-electron chi connectivity index (χ1n) is 13.3. The molecule has 0 saturated heterocycles. The van der Waals surface area contributed by atoms with Gasteiger partial charge in [0.05, 0.1) is 28.8 Å². The SMILES string of the molecule is Cc1ccc(-n2nc(C)c3c2N=C2C(Nc4cccc(C)c4)=Nc4ccccc4N2C3c2cccc(O)c2)cc1. The van der Waals surface area contributed by atoms with Crippen LogP contribution >= 0.6 is 0 Å². The van der Waals surface area contributed by atoms with E-state index >= 15 is 0 Å². The van der Waals surface area contributed by atoms with Gasteiger partial charge in [-0.05, 0) is 80.4 Å². The number of nitrogens with zero attached hydrogens (tertiary/aromatic N) is 5. The van der Waals surface area contributed by atoms with E-state index in [1.54, 1.807) is 6.07 Å². The Morgan fingerprint density at radius 1 is 0.775 bits per heavy atom. The maximum Gasteiger partial charge on any atom is 0.179 e. The molecule has 5 aromatic rings. The third kappa shape index (κ3) is 3.94. The third-order valence-corrected chi connectivity index (χ3v) is 7.38. The molecule has 1 aromatic heterocycles. The molecule has 7 rings (SSSR count). The van der Waals surface area contributed by atoms with E-state index in [2.05, 4.69) is 66.5 Å². The predicted molar refractivity (Wildman–Crippen MR) is 161 cm³/mol. The van der Waals surface area contributed by atoms with E-state index in [9.17, 15) is 5.11 Å². The normalized spacial score (nSPS) is 15.5. The summed E-state index contributed by atoms with van der Waals surface area (Å²) < 4.78 is 1.91. The Morgan fingerprint density at radius 2 is 1.57 bits per heavy atom. The Kier molecular flexibility index (Phi) is 5.52. The van der Waals surface area contributed by atoms with Crippen molar-refractivity contribution in [1.82, 2.24) is 9.78 Å². The second kappa shape index (κ2) is 9.24. The molecule has 2 aliphatic rings. The molecule has 0 fully saturated rings. The van der Waals surface area contributed by atoms with Crippen LogP contribution in [0.3, 0.4) is 0 Å². The van der Waals surface area contributed by atoms with Crippen LogP contribution in [0.15, 0.2) is 107 Å². The van der Waals surface area contributed by atoms with E-state index in [1.807, 2.05) is 60.1 Å². The first kappa shape index (κ1) is 23.9. The van der Waals surface area contributed by atoms with Crippen LogP contribution < -0.4 is 10.2 Å².